The highest BCUT2D eigenvalue weighted by atomic mass is 79.9. The molecule has 0 radical (unpaired) electrons. The lowest BCUT2D eigenvalue weighted by atomic mass is 9.79. The molecule has 1 saturated carbocycles. The van der Waals surface area contributed by atoms with E-state index >= 15 is 0 Å². The van der Waals surface area contributed by atoms with Crippen LogP contribution in [0.5, 0.6) is 0 Å². The predicted octanol–water partition coefficient (Wildman–Crippen LogP) is 3.97. The number of hydrogen-bond acceptors (Lipinski definition) is 2. The number of alkyl halides is 3. The van der Waals surface area contributed by atoms with Gasteiger partial charge in [0.05, 0.1) is 21.8 Å². The van der Waals surface area contributed by atoms with Crippen molar-refractivity contribution in [2.24, 2.45) is 18.9 Å². The molecule has 2 rings (SSSR count). The number of aromatic nitrogens is 2. The first-order valence-corrected chi connectivity index (χ1v) is 7.76. The Balaban J connectivity index is 1.97. The molecule has 0 aromatic carbocycles. The number of Topliss-reactive ketones (excluding diaryl/α,β-unsaturated/α-hetero) is 1. The van der Waals surface area contributed by atoms with Crippen molar-refractivity contribution in [1.29, 1.82) is 0 Å². The fourth-order valence-electron chi connectivity index (χ4n) is 2.92. The molecule has 0 saturated heterocycles. The maximum atomic E-state index is 12.6. The van der Waals surface area contributed by atoms with Crippen molar-refractivity contribution >= 4 is 21.7 Å². The number of ketones is 1. The van der Waals surface area contributed by atoms with Gasteiger partial charge in [0.15, 0.2) is 0 Å². The fraction of sp³-hybridized carbons (Fsp3) is 0.714. The van der Waals surface area contributed by atoms with E-state index in [2.05, 4.69) is 21.0 Å². The van der Waals surface area contributed by atoms with E-state index in [0.29, 0.717) is 12.8 Å². The Hall–Kier alpha value is -0.850. The lowest BCUT2D eigenvalue weighted by Gasteiger charge is -2.29. The lowest BCUT2D eigenvalue weighted by molar-refractivity contribution is -0.184. The van der Waals surface area contributed by atoms with Crippen molar-refractivity contribution < 1.29 is 18.0 Å². The third-order valence-corrected chi connectivity index (χ3v) is 5.28. The number of carbonyl (C=O) groups excluding carboxylic acids is 1. The number of halogens is 4. The normalized spacial score (nSPS) is 23.3. The van der Waals surface area contributed by atoms with Crippen LogP contribution < -0.4 is 0 Å². The van der Waals surface area contributed by atoms with E-state index in [1.54, 1.807) is 11.7 Å². The maximum absolute atomic E-state index is 12.6. The van der Waals surface area contributed by atoms with Gasteiger partial charge in [-0.15, -0.1) is 0 Å². The standard InChI is InChI=1S/C14H18BrF3N2O/c1-8-13(15)11(20(2)19-8)7-12(21)9-3-5-10(6-4-9)14(16,17)18/h9-10H,3-7H2,1-2H3. The first-order valence-electron chi connectivity index (χ1n) is 6.97. The van der Waals surface area contributed by atoms with E-state index in [4.69, 9.17) is 0 Å². The number of carbonyl (C=O) groups is 1. The van der Waals surface area contributed by atoms with Gasteiger partial charge < -0.3 is 0 Å². The molecule has 21 heavy (non-hydrogen) atoms. The van der Waals surface area contributed by atoms with Crippen LogP contribution in [0.2, 0.25) is 0 Å². The van der Waals surface area contributed by atoms with E-state index in [1.165, 1.54) is 0 Å². The van der Waals surface area contributed by atoms with E-state index in [1.807, 2.05) is 6.92 Å². The van der Waals surface area contributed by atoms with Crippen LogP contribution in [0.1, 0.15) is 37.1 Å². The van der Waals surface area contributed by atoms with E-state index in [0.717, 1.165) is 15.9 Å². The SMILES string of the molecule is Cc1nn(C)c(CC(=O)C2CCC(C(F)(F)F)CC2)c1Br. The summed E-state index contributed by atoms with van der Waals surface area (Å²) in [6.07, 6.45) is -3.12. The van der Waals surface area contributed by atoms with Gasteiger partial charge in [0.1, 0.15) is 5.78 Å². The second kappa shape index (κ2) is 6.10. The van der Waals surface area contributed by atoms with Crippen LogP contribution in [0.25, 0.3) is 0 Å². The van der Waals surface area contributed by atoms with Crippen LogP contribution in [0.15, 0.2) is 4.47 Å². The smallest absolute Gasteiger partial charge is 0.299 e. The summed E-state index contributed by atoms with van der Waals surface area (Å²) in [4.78, 5) is 12.3. The third-order valence-electron chi connectivity index (χ3n) is 4.25. The van der Waals surface area contributed by atoms with Crippen molar-refractivity contribution in [3.63, 3.8) is 0 Å². The molecule has 0 amide bonds. The topological polar surface area (TPSA) is 34.9 Å². The Bertz CT molecular complexity index is 531. The highest BCUT2D eigenvalue weighted by molar-refractivity contribution is 9.10. The van der Waals surface area contributed by atoms with Crippen LogP contribution in [-0.4, -0.2) is 21.7 Å². The minimum Gasteiger partial charge on any atom is -0.299 e. The minimum absolute atomic E-state index is 0.0133. The summed E-state index contributed by atoms with van der Waals surface area (Å²) in [6.45, 7) is 1.84. The van der Waals surface area contributed by atoms with Crippen molar-refractivity contribution in [1.82, 2.24) is 9.78 Å². The summed E-state index contributed by atoms with van der Waals surface area (Å²) in [5, 5.41) is 4.22. The number of nitrogens with zero attached hydrogens (tertiary/aromatic N) is 2. The molecule has 0 atom stereocenters. The highest BCUT2D eigenvalue weighted by Crippen LogP contribution is 2.40. The van der Waals surface area contributed by atoms with Crippen LogP contribution in [0, 0.1) is 18.8 Å². The lowest BCUT2D eigenvalue weighted by Crippen LogP contribution is -2.31. The van der Waals surface area contributed by atoms with Crippen molar-refractivity contribution in [3.05, 3.63) is 15.9 Å². The Morgan fingerprint density at radius 2 is 1.90 bits per heavy atom. The molecule has 7 heteroatoms. The number of hydrogen-bond donors (Lipinski definition) is 0. The zero-order valence-corrected chi connectivity index (χ0v) is 13.6. The van der Waals surface area contributed by atoms with Gasteiger partial charge in [0.25, 0.3) is 0 Å². The van der Waals surface area contributed by atoms with Gasteiger partial charge in [-0.2, -0.15) is 18.3 Å². The summed E-state index contributed by atoms with van der Waals surface area (Å²) in [5.74, 6) is -1.49. The molecule has 0 N–H and O–H groups in total. The molecule has 3 nitrogen and oxygen atoms in total. The molecule has 118 valence electrons. The van der Waals surface area contributed by atoms with Crippen LogP contribution in [0.3, 0.4) is 0 Å². The molecular weight excluding hydrogens is 349 g/mol. The fourth-order valence-corrected chi connectivity index (χ4v) is 3.40. The average molecular weight is 367 g/mol. The summed E-state index contributed by atoms with van der Waals surface area (Å²) in [6, 6.07) is 0. The van der Waals surface area contributed by atoms with Gasteiger partial charge >= 0.3 is 6.18 Å². The zero-order chi connectivity index (χ0) is 15.8. The first-order chi connectivity index (χ1) is 9.70. The van der Waals surface area contributed by atoms with Crippen LogP contribution in [0.4, 0.5) is 13.2 Å². The Morgan fingerprint density at radius 3 is 2.33 bits per heavy atom. The quantitative estimate of drug-likeness (QED) is 0.810. The molecule has 1 aromatic heterocycles. The molecular formula is C14H18BrF3N2O. The minimum atomic E-state index is -4.13. The van der Waals surface area contributed by atoms with Crippen molar-refractivity contribution in [2.75, 3.05) is 0 Å². The van der Waals surface area contributed by atoms with Crippen molar-refractivity contribution in [2.45, 2.75) is 45.2 Å². The van der Waals surface area contributed by atoms with Crippen molar-refractivity contribution in [3.8, 4) is 0 Å². The molecule has 1 aliphatic rings. The number of aryl methyl sites for hydroxylation is 2. The monoisotopic (exact) mass is 366 g/mol. The molecule has 0 spiro atoms. The third kappa shape index (κ3) is 3.67. The molecule has 1 aromatic rings. The van der Waals surface area contributed by atoms with E-state index in [-0.39, 0.29) is 31.0 Å². The highest BCUT2D eigenvalue weighted by Gasteiger charge is 2.42. The van der Waals surface area contributed by atoms with Gasteiger partial charge in [0, 0.05) is 19.4 Å². The Kier molecular flexibility index (Phi) is 4.80. The summed E-state index contributed by atoms with van der Waals surface area (Å²) >= 11 is 3.40. The molecule has 0 bridgehead atoms. The second-order valence-corrected chi connectivity index (χ2v) is 6.50. The molecule has 0 aliphatic heterocycles. The summed E-state index contributed by atoms with van der Waals surface area (Å²) in [5.41, 5.74) is 1.59. The molecule has 1 aliphatic carbocycles. The van der Waals surface area contributed by atoms with E-state index in [9.17, 15) is 18.0 Å². The van der Waals surface area contributed by atoms with Gasteiger partial charge in [-0.3, -0.25) is 9.48 Å². The second-order valence-electron chi connectivity index (χ2n) is 5.70. The van der Waals surface area contributed by atoms with Crippen LogP contribution in [-0.2, 0) is 18.3 Å². The number of rotatable bonds is 3. The summed E-state index contributed by atoms with van der Waals surface area (Å²) < 4.78 is 40.3. The summed E-state index contributed by atoms with van der Waals surface area (Å²) in [7, 11) is 1.76. The maximum Gasteiger partial charge on any atom is 0.391 e. The molecule has 1 fully saturated rings. The van der Waals surface area contributed by atoms with Gasteiger partial charge in [0.2, 0.25) is 0 Å². The Morgan fingerprint density at radius 1 is 1.33 bits per heavy atom. The van der Waals surface area contributed by atoms with Gasteiger partial charge in [-0.25, -0.2) is 0 Å². The van der Waals surface area contributed by atoms with Gasteiger partial charge in [-0.05, 0) is 48.5 Å². The van der Waals surface area contributed by atoms with Gasteiger partial charge in [-0.1, -0.05) is 0 Å². The largest absolute Gasteiger partial charge is 0.391 e. The van der Waals surface area contributed by atoms with E-state index < -0.39 is 12.1 Å². The molecule has 0 unspecified atom stereocenters. The first kappa shape index (κ1) is 16.5. The molecule has 1 heterocycles. The average Bonchev–Trinajstić information content (AvgIpc) is 2.64. The van der Waals surface area contributed by atoms with Crippen LogP contribution >= 0.6 is 15.9 Å². The zero-order valence-electron chi connectivity index (χ0n) is 12.0. The Labute approximate surface area is 130 Å². The predicted molar refractivity (Wildman–Crippen MR) is 75.9 cm³/mol.